The van der Waals surface area contributed by atoms with E-state index >= 15 is 0 Å². The van der Waals surface area contributed by atoms with E-state index in [2.05, 4.69) is 15.3 Å². The highest BCUT2D eigenvalue weighted by atomic mass is 16.3. The summed E-state index contributed by atoms with van der Waals surface area (Å²) in [6.45, 7) is 5.69. The van der Waals surface area contributed by atoms with E-state index in [1.807, 2.05) is 38.1 Å². The Morgan fingerprint density at radius 3 is 2.82 bits per heavy atom. The molecule has 17 heavy (non-hydrogen) atoms. The minimum Gasteiger partial charge on any atom is -0.396 e. The Balaban J connectivity index is 1.95. The van der Waals surface area contributed by atoms with Crippen LogP contribution in [0.25, 0.3) is 11.0 Å². The fourth-order valence-corrected chi connectivity index (χ4v) is 1.66. The number of aromatic nitrogens is 2. The molecule has 0 amide bonds. The van der Waals surface area contributed by atoms with Gasteiger partial charge in [0.2, 0.25) is 0 Å². The lowest BCUT2D eigenvalue weighted by molar-refractivity contribution is 0.156. The smallest absolute Gasteiger partial charge is 0.121 e. The standard InChI is InChI=1S/C13H19N3O/c1-13(2,9-17)8-14-7-12-15-10-5-3-4-6-11(10)16-12/h3-6,14,17H,7-9H2,1-2H3,(H,15,16). The van der Waals surface area contributed by atoms with Crippen molar-refractivity contribution in [1.82, 2.24) is 15.3 Å². The van der Waals surface area contributed by atoms with Gasteiger partial charge in [-0.25, -0.2) is 4.98 Å². The lowest BCUT2D eigenvalue weighted by Gasteiger charge is -2.21. The number of benzene rings is 1. The number of aromatic amines is 1. The lowest BCUT2D eigenvalue weighted by atomic mass is 9.95. The predicted molar refractivity (Wildman–Crippen MR) is 68.7 cm³/mol. The molecule has 0 saturated heterocycles. The molecule has 1 aromatic heterocycles. The van der Waals surface area contributed by atoms with Crippen LogP contribution in [0.2, 0.25) is 0 Å². The molecule has 92 valence electrons. The fourth-order valence-electron chi connectivity index (χ4n) is 1.66. The fraction of sp³-hybridized carbons (Fsp3) is 0.462. The molecule has 0 unspecified atom stereocenters. The number of aliphatic hydroxyl groups excluding tert-OH is 1. The third-order valence-corrected chi connectivity index (χ3v) is 2.76. The van der Waals surface area contributed by atoms with Gasteiger partial charge in [0.25, 0.3) is 0 Å². The topological polar surface area (TPSA) is 60.9 Å². The van der Waals surface area contributed by atoms with Crippen LogP contribution in [0.4, 0.5) is 0 Å². The zero-order valence-electron chi connectivity index (χ0n) is 10.3. The van der Waals surface area contributed by atoms with Crippen molar-refractivity contribution in [2.75, 3.05) is 13.2 Å². The maximum Gasteiger partial charge on any atom is 0.121 e. The molecule has 3 N–H and O–H groups in total. The highest BCUT2D eigenvalue weighted by Gasteiger charge is 2.15. The SMILES string of the molecule is CC(C)(CO)CNCc1nc2ccccc2[nH]1. The van der Waals surface area contributed by atoms with Gasteiger partial charge in [-0.1, -0.05) is 26.0 Å². The molecule has 0 saturated carbocycles. The zero-order chi connectivity index (χ0) is 12.3. The van der Waals surface area contributed by atoms with Crippen LogP contribution in [0.15, 0.2) is 24.3 Å². The molecular formula is C13H19N3O. The average molecular weight is 233 g/mol. The summed E-state index contributed by atoms with van der Waals surface area (Å²) in [7, 11) is 0. The number of fused-ring (bicyclic) bond motifs is 1. The number of nitrogens with one attached hydrogen (secondary N) is 2. The summed E-state index contributed by atoms with van der Waals surface area (Å²) in [5, 5.41) is 12.4. The number of imidazole rings is 1. The van der Waals surface area contributed by atoms with Crippen LogP contribution in [0.3, 0.4) is 0 Å². The van der Waals surface area contributed by atoms with Crippen molar-refractivity contribution in [2.45, 2.75) is 20.4 Å². The van der Waals surface area contributed by atoms with Crippen LogP contribution in [0.5, 0.6) is 0 Å². The molecule has 0 spiro atoms. The predicted octanol–water partition coefficient (Wildman–Crippen LogP) is 1.67. The van der Waals surface area contributed by atoms with Crippen LogP contribution < -0.4 is 5.32 Å². The van der Waals surface area contributed by atoms with E-state index in [4.69, 9.17) is 5.11 Å². The second kappa shape index (κ2) is 4.85. The van der Waals surface area contributed by atoms with Gasteiger partial charge in [-0.2, -0.15) is 0 Å². The third-order valence-electron chi connectivity index (χ3n) is 2.76. The first kappa shape index (κ1) is 12.1. The first-order valence-corrected chi connectivity index (χ1v) is 5.86. The van der Waals surface area contributed by atoms with Crippen LogP contribution >= 0.6 is 0 Å². The summed E-state index contributed by atoms with van der Waals surface area (Å²) in [5.41, 5.74) is 1.96. The van der Waals surface area contributed by atoms with Crippen molar-refractivity contribution in [2.24, 2.45) is 5.41 Å². The molecule has 0 aliphatic heterocycles. The van der Waals surface area contributed by atoms with Crippen LogP contribution in [0, 0.1) is 5.41 Å². The quantitative estimate of drug-likeness (QED) is 0.736. The Bertz CT molecular complexity index is 457. The highest BCUT2D eigenvalue weighted by molar-refractivity contribution is 5.74. The van der Waals surface area contributed by atoms with Crippen molar-refractivity contribution >= 4 is 11.0 Å². The molecule has 0 bridgehead atoms. The first-order valence-electron chi connectivity index (χ1n) is 5.86. The number of para-hydroxylation sites is 2. The molecular weight excluding hydrogens is 214 g/mol. The summed E-state index contributed by atoms with van der Waals surface area (Å²) < 4.78 is 0. The van der Waals surface area contributed by atoms with E-state index in [1.165, 1.54) is 0 Å². The largest absolute Gasteiger partial charge is 0.396 e. The molecule has 0 aliphatic carbocycles. The van der Waals surface area contributed by atoms with Gasteiger partial charge < -0.3 is 15.4 Å². The Kier molecular flexibility index (Phi) is 3.45. The van der Waals surface area contributed by atoms with Crippen molar-refractivity contribution in [1.29, 1.82) is 0 Å². The van der Waals surface area contributed by atoms with Gasteiger partial charge in [-0.05, 0) is 12.1 Å². The molecule has 1 aromatic carbocycles. The van der Waals surface area contributed by atoms with Gasteiger partial charge >= 0.3 is 0 Å². The van der Waals surface area contributed by atoms with Crippen LogP contribution in [-0.2, 0) is 6.54 Å². The zero-order valence-corrected chi connectivity index (χ0v) is 10.3. The van der Waals surface area contributed by atoms with E-state index in [0.717, 1.165) is 23.4 Å². The van der Waals surface area contributed by atoms with E-state index in [0.29, 0.717) is 6.54 Å². The van der Waals surface area contributed by atoms with E-state index < -0.39 is 0 Å². The molecule has 4 heteroatoms. The van der Waals surface area contributed by atoms with Crippen molar-refractivity contribution < 1.29 is 5.11 Å². The molecule has 0 fully saturated rings. The highest BCUT2D eigenvalue weighted by Crippen LogP contribution is 2.12. The Hall–Kier alpha value is -1.39. The molecule has 0 atom stereocenters. The molecule has 0 aliphatic rings. The van der Waals surface area contributed by atoms with Gasteiger partial charge in [-0.15, -0.1) is 0 Å². The molecule has 1 heterocycles. The van der Waals surface area contributed by atoms with Crippen molar-refractivity contribution in [3.05, 3.63) is 30.1 Å². The minimum atomic E-state index is -0.0913. The van der Waals surface area contributed by atoms with E-state index in [1.54, 1.807) is 0 Å². The summed E-state index contributed by atoms with van der Waals surface area (Å²) in [4.78, 5) is 7.74. The summed E-state index contributed by atoms with van der Waals surface area (Å²) >= 11 is 0. The molecule has 4 nitrogen and oxygen atoms in total. The number of hydrogen-bond donors (Lipinski definition) is 3. The van der Waals surface area contributed by atoms with Gasteiger partial charge in [0.05, 0.1) is 17.6 Å². The normalized spacial score (nSPS) is 12.2. The lowest BCUT2D eigenvalue weighted by Crippen LogP contribution is -2.32. The summed E-state index contributed by atoms with van der Waals surface area (Å²) in [6.07, 6.45) is 0. The number of aliphatic hydroxyl groups is 1. The number of rotatable bonds is 5. The number of H-pyrrole nitrogens is 1. The van der Waals surface area contributed by atoms with Crippen molar-refractivity contribution in [3.63, 3.8) is 0 Å². The monoisotopic (exact) mass is 233 g/mol. The summed E-state index contributed by atoms with van der Waals surface area (Å²) in [5.74, 6) is 0.930. The number of hydrogen-bond acceptors (Lipinski definition) is 3. The van der Waals surface area contributed by atoms with Gasteiger partial charge in [-0.3, -0.25) is 0 Å². The second-order valence-electron chi connectivity index (χ2n) is 5.13. The van der Waals surface area contributed by atoms with Gasteiger partial charge in [0.15, 0.2) is 0 Å². The average Bonchev–Trinajstić information content (AvgIpc) is 2.71. The molecule has 2 aromatic rings. The van der Waals surface area contributed by atoms with Crippen LogP contribution in [-0.4, -0.2) is 28.2 Å². The van der Waals surface area contributed by atoms with Gasteiger partial charge in [0, 0.05) is 18.6 Å². The Morgan fingerprint density at radius 2 is 2.12 bits per heavy atom. The van der Waals surface area contributed by atoms with E-state index in [9.17, 15) is 0 Å². The minimum absolute atomic E-state index is 0.0913. The number of nitrogens with zero attached hydrogens (tertiary/aromatic N) is 1. The molecule has 2 rings (SSSR count). The second-order valence-corrected chi connectivity index (χ2v) is 5.13. The van der Waals surface area contributed by atoms with E-state index in [-0.39, 0.29) is 12.0 Å². The Labute approximate surface area is 101 Å². The van der Waals surface area contributed by atoms with Crippen molar-refractivity contribution in [3.8, 4) is 0 Å². The Morgan fingerprint density at radius 1 is 1.35 bits per heavy atom. The maximum atomic E-state index is 9.14. The third kappa shape index (κ3) is 3.05. The van der Waals surface area contributed by atoms with Gasteiger partial charge in [0.1, 0.15) is 5.82 Å². The summed E-state index contributed by atoms with van der Waals surface area (Å²) in [6, 6.07) is 7.98. The molecule has 0 radical (unpaired) electrons. The first-order chi connectivity index (χ1) is 8.11. The maximum absolute atomic E-state index is 9.14. The van der Waals surface area contributed by atoms with Crippen LogP contribution in [0.1, 0.15) is 19.7 Å².